The molecule has 0 radical (unpaired) electrons. The van der Waals surface area contributed by atoms with E-state index in [1.165, 1.54) is 29.6 Å². The Hall–Kier alpha value is -2.18. The van der Waals surface area contributed by atoms with Gasteiger partial charge in [-0.1, -0.05) is 24.3 Å². The third-order valence-electron chi connectivity index (χ3n) is 4.21. The molecule has 2 aromatic carbocycles. The van der Waals surface area contributed by atoms with E-state index in [2.05, 4.69) is 11.4 Å². The second-order valence-corrected chi connectivity index (χ2v) is 8.87. The van der Waals surface area contributed by atoms with E-state index in [0.29, 0.717) is 15.9 Å². The van der Waals surface area contributed by atoms with Crippen LogP contribution >= 0.6 is 23.5 Å². The molecule has 1 aliphatic heterocycles. The third-order valence-corrected chi connectivity index (χ3v) is 7.23. The molecular formula is C21H18FNO2S2. The molecule has 0 aliphatic carbocycles. The molecule has 6 heteroatoms. The molecule has 1 saturated heterocycles. The van der Waals surface area contributed by atoms with E-state index < -0.39 is 0 Å². The zero-order chi connectivity index (χ0) is 18.6. The van der Waals surface area contributed by atoms with Crippen LogP contribution in [0.5, 0.6) is 0 Å². The molecule has 138 valence electrons. The summed E-state index contributed by atoms with van der Waals surface area (Å²) in [6.45, 7) is 0. The van der Waals surface area contributed by atoms with Crippen LogP contribution < -0.4 is 5.32 Å². The minimum absolute atomic E-state index is 0.153. The van der Waals surface area contributed by atoms with Crippen LogP contribution in [0.1, 0.15) is 27.1 Å². The molecule has 1 amide bonds. The fourth-order valence-electron chi connectivity index (χ4n) is 2.90. The first-order valence-corrected chi connectivity index (χ1v) is 10.8. The summed E-state index contributed by atoms with van der Waals surface area (Å²) in [7, 11) is 0. The number of halogens is 1. The Morgan fingerprint density at radius 2 is 1.85 bits per heavy atom. The van der Waals surface area contributed by atoms with Gasteiger partial charge in [-0.2, -0.15) is 0 Å². The Labute approximate surface area is 165 Å². The molecule has 1 fully saturated rings. The third kappa shape index (κ3) is 4.22. The topological polar surface area (TPSA) is 42.2 Å². The van der Waals surface area contributed by atoms with Gasteiger partial charge in [0.15, 0.2) is 5.76 Å². The predicted molar refractivity (Wildman–Crippen MR) is 111 cm³/mol. The number of rotatable bonds is 4. The molecule has 0 bridgehead atoms. The van der Waals surface area contributed by atoms with Gasteiger partial charge >= 0.3 is 0 Å². The van der Waals surface area contributed by atoms with E-state index in [-0.39, 0.29) is 17.5 Å². The molecule has 0 unspecified atom stereocenters. The van der Waals surface area contributed by atoms with E-state index in [1.54, 1.807) is 30.3 Å². The monoisotopic (exact) mass is 399 g/mol. The van der Waals surface area contributed by atoms with Crippen LogP contribution in [0.2, 0.25) is 0 Å². The Morgan fingerprint density at radius 3 is 2.67 bits per heavy atom. The lowest BCUT2D eigenvalue weighted by molar-refractivity contribution is 0.0997. The van der Waals surface area contributed by atoms with Gasteiger partial charge < -0.3 is 9.73 Å². The van der Waals surface area contributed by atoms with E-state index >= 15 is 0 Å². The smallest absolute Gasteiger partial charge is 0.291 e. The number of nitrogens with one attached hydrogen (secondary N) is 1. The second kappa shape index (κ2) is 8.23. The van der Waals surface area contributed by atoms with Crippen LogP contribution in [-0.4, -0.2) is 17.4 Å². The lowest BCUT2D eigenvalue weighted by Gasteiger charge is -2.21. The molecule has 3 nitrogen and oxygen atoms in total. The number of carbonyl (C=O) groups is 1. The van der Waals surface area contributed by atoms with Crippen LogP contribution in [0.15, 0.2) is 65.1 Å². The average molecular weight is 400 g/mol. The van der Waals surface area contributed by atoms with Gasteiger partial charge in [0.05, 0.1) is 10.1 Å². The molecule has 0 atom stereocenters. The van der Waals surface area contributed by atoms with Gasteiger partial charge in [-0.25, -0.2) is 4.39 Å². The summed E-state index contributed by atoms with van der Waals surface area (Å²) in [4.78, 5) is 12.5. The number of furan rings is 1. The highest BCUT2D eigenvalue weighted by molar-refractivity contribution is 8.16. The number of carbonyl (C=O) groups excluding carboxylic acids is 1. The van der Waals surface area contributed by atoms with Crippen LogP contribution in [-0.2, 0) is 0 Å². The fourth-order valence-corrected chi connectivity index (χ4v) is 5.77. The lowest BCUT2D eigenvalue weighted by Crippen LogP contribution is -2.11. The maximum absolute atomic E-state index is 13.9. The number of amides is 1. The molecule has 4 rings (SSSR count). The van der Waals surface area contributed by atoms with Gasteiger partial charge in [0.25, 0.3) is 5.91 Å². The quantitative estimate of drug-likeness (QED) is 0.567. The van der Waals surface area contributed by atoms with E-state index in [4.69, 9.17) is 4.42 Å². The van der Waals surface area contributed by atoms with Gasteiger partial charge in [0, 0.05) is 5.69 Å². The minimum Gasteiger partial charge on any atom is -0.451 e. The summed E-state index contributed by atoms with van der Waals surface area (Å²) in [5.74, 6) is 2.09. The molecule has 27 heavy (non-hydrogen) atoms. The molecule has 1 aromatic heterocycles. The highest BCUT2D eigenvalue weighted by Crippen LogP contribution is 2.44. The summed E-state index contributed by atoms with van der Waals surface area (Å²) >= 11 is 3.88. The summed E-state index contributed by atoms with van der Waals surface area (Å²) in [6.07, 6.45) is 1.24. The first-order valence-electron chi connectivity index (χ1n) is 8.70. The number of anilines is 1. The van der Waals surface area contributed by atoms with Crippen molar-refractivity contribution in [2.75, 3.05) is 16.8 Å². The average Bonchev–Trinajstić information content (AvgIpc) is 3.19. The highest BCUT2D eigenvalue weighted by atomic mass is 32.2. The van der Waals surface area contributed by atoms with Crippen LogP contribution in [0, 0.1) is 5.82 Å². The van der Waals surface area contributed by atoms with E-state index in [0.717, 1.165) is 5.69 Å². The standard InChI is InChI=1S/C21H18FNO2S2/c22-17-8-2-1-7-16(17)18-9-10-19(25-18)20(24)23-15-6-3-5-14(13-15)21-26-11-4-12-27-21/h1-3,5-10,13,21H,4,11-12H2,(H,23,24). The van der Waals surface area contributed by atoms with E-state index in [9.17, 15) is 9.18 Å². The Kier molecular flexibility index (Phi) is 5.55. The van der Waals surface area contributed by atoms with Crippen molar-refractivity contribution in [3.63, 3.8) is 0 Å². The Balaban J connectivity index is 1.49. The SMILES string of the molecule is O=C(Nc1cccc(C2SCCCS2)c1)c1ccc(-c2ccccc2F)o1. The van der Waals surface area contributed by atoms with Crippen molar-refractivity contribution < 1.29 is 13.6 Å². The van der Waals surface area contributed by atoms with Crippen LogP contribution in [0.25, 0.3) is 11.3 Å². The fraction of sp³-hybridized carbons (Fsp3) is 0.190. The second-order valence-electron chi connectivity index (χ2n) is 6.15. The summed E-state index contributed by atoms with van der Waals surface area (Å²) in [5.41, 5.74) is 2.27. The Bertz CT molecular complexity index is 951. The largest absolute Gasteiger partial charge is 0.451 e. The van der Waals surface area contributed by atoms with Crippen molar-refractivity contribution in [2.45, 2.75) is 11.0 Å². The number of benzene rings is 2. The highest BCUT2D eigenvalue weighted by Gasteiger charge is 2.18. The summed E-state index contributed by atoms with van der Waals surface area (Å²) < 4.78 is 19.9. The first kappa shape index (κ1) is 18.2. The number of hydrogen-bond acceptors (Lipinski definition) is 4. The van der Waals surface area contributed by atoms with Crippen molar-refractivity contribution in [3.05, 3.63) is 77.8 Å². The zero-order valence-corrected chi connectivity index (χ0v) is 16.1. The Morgan fingerprint density at radius 1 is 1.04 bits per heavy atom. The first-order chi connectivity index (χ1) is 13.2. The molecule has 2 heterocycles. The van der Waals surface area contributed by atoms with Gasteiger partial charge in [-0.3, -0.25) is 4.79 Å². The van der Waals surface area contributed by atoms with Gasteiger partial charge in [-0.05, 0) is 59.9 Å². The van der Waals surface area contributed by atoms with Gasteiger partial charge in [-0.15, -0.1) is 23.5 Å². The van der Waals surface area contributed by atoms with Gasteiger partial charge in [0.1, 0.15) is 11.6 Å². The molecular weight excluding hydrogens is 381 g/mol. The number of hydrogen-bond donors (Lipinski definition) is 1. The molecule has 1 aliphatic rings. The summed E-state index contributed by atoms with van der Waals surface area (Å²) in [6, 6.07) is 17.4. The maximum Gasteiger partial charge on any atom is 0.291 e. The minimum atomic E-state index is -0.381. The van der Waals surface area contributed by atoms with Crippen molar-refractivity contribution in [2.24, 2.45) is 0 Å². The summed E-state index contributed by atoms with van der Waals surface area (Å²) in [5, 5.41) is 2.87. The molecule has 0 saturated carbocycles. The van der Waals surface area contributed by atoms with Gasteiger partial charge in [0.2, 0.25) is 0 Å². The van der Waals surface area contributed by atoms with E-state index in [1.807, 2.05) is 41.7 Å². The maximum atomic E-state index is 13.9. The van der Waals surface area contributed by atoms with Crippen molar-refractivity contribution in [1.82, 2.24) is 0 Å². The van der Waals surface area contributed by atoms with Crippen molar-refractivity contribution >= 4 is 35.1 Å². The van der Waals surface area contributed by atoms with Crippen molar-refractivity contribution in [3.8, 4) is 11.3 Å². The van der Waals surface area contributed by atoms with Crippen LogP contribution in [0.4, 0.5) is 10.1 Å². The molecule has 0 spiro atoms. The van der Waals surface area contributed by atoms with Crippen molar-refractivity contribution in [1.29, 1.82) is 0 Å². The van der Waals surface area contributed by atoms with Crippen LogP contribution in [0.3, 0.4) is 0 Å². The zero-order valence-electron chi connectivity index (χ0n) is 14.5. The number of thioether (sulfide) groups is 2. The normalized spacial score (nSPS) is 14.9. The predicted octanol–water partition coefficient (Wildman–Crippen LogP) is 6.21. The molecule has 3 aromatic rings. The lowest BCUT2D eigenvalue weighted by atomic mass is 10.1. The molecule has 1 N–H and O–H groups in total.